The van der Waals surface area contributed by atoms with Gasteiger partial charge in [-0.25, -0.2) is 13.4 Å². The Balaban J connectivity index is 2.35. The van der Waals surface area contributed by atoms with Crippen LogP contribution in [0.4, 0.5) is 5.82 Å². The minimum Gasteiger partial charge on any atom is -0.295 e. The van der Waals surface area contributed by atoms with E-state index in [1.807, 2.05) is 0 Å². The van der Waals surface area contributed by atoms with Crippen LogP contribution in [0.5, 0.6) is 0 Å². The molecule has 5 nitrogen and oxygen atoms in total. The van der Waals surface area contributed by atoms with Crippen molar-refractivity contribution in [2.24, 2.45) is 0 Å². The Labute approximate surface area is 125 Å². The molecule has 0 radical (unpaired) electrons. The van der Waals surface area contributed by atoms with E-state index in [0.29, 0.717) is 10.0 Å². The first kappa shape index (κ1) is 14.7. The summed E-state index contributed by atoms with van der Waals surface area (Å²) in [5.74, 6) is 0.00948. The maximum Gasteiger partial charge on any atom is 0.263 e. The molecular weight excluding hydrogens is 344 g/mol. The van der Waals surface area contributed by atoms with Gasteiger partial charge >= 0.3 is 0 Å². The number of halogens is 1. The molecule has 7 heteroatoms. The summed E-state index contributed by atoms with van der Waals surface area (Å²) >= 11 is 3.24. The lowest BCUT2D eigenvalue weighted by atomic mass is 10.2. The smallest absolute Gasteiger partial charge is 0.263 e. The van der Waals surface area contributed by atoms with Gasteiger partial charge in [0.15, 0.2) is 5.78 Å². The molecule has 2 rings (SSSR count). The predicted molar refractivity (Wildman–Crippen MR) is 79.2 cm³/mol. The normalized spacial score (nSPS) is 11.1. The fraction of sp³-hybridized carbons (Fsp3) is 0.0769. The van der Waals surface area contributed by atoms with Gasteiger partial charge in [-0.1, -0.05) is 28.1 Å². The van der Waals surface area contributed by atoms with Crippen LogP contribution in [0.15, 0.2) is 52.0 Å². The minimum atomic E-state index is -3.77. The fourth-order valence-corrected chi connectivity index (χ4v) is 2.92. The average Bonchev–Trinajstić information content (AvgIpc) is 2.38. The lowest BCUT2D eigenvalue weighted by molar-refractivity contribution is 0.101. The largest absolute Gasteiger partial charge is 0.295 e. The molecule has 0 spiro atoms. The Hall–Kier alpha value is -1.73. The van der Waals surface area contributed by atoms with Crippen LogP contribution in [0.3, 0.4) is 0 Å². The van der Waals surface area contributed by atoms with Gasteiger partial charge in [-0.05, 0) is 31.2 Å². The molecule has 0 aliphatic heterocycles. The number of Topliss-reactive ketones (excluding diaryl/α,β-unsaturated/α-hetero) is 1. The summed E-state index contributed by atoms with van der Waals surface area (Å²) in [7, 11) is -3.77. The highest BCUT2D eigenvalue weighted by Crippen LogP contribution is 2.18. The van der Waals surface area contributed by atoms with Gasteiger partial charge in [0, 0.05) is 16.2 Å². The highest BCUT2D eigenvalue weighted by Gasteiger charge is 2.16. The van der Waals surface area contributed by atoms with E-state index in [-0.39, 0.29) is 16.5 Å². The van der Waals surface area contributed by atoms with E-state index in [1.165, 1.54) is 31.3 Å². The van der Waals surface area contributed by atoms with E-state index in [4.69, 9.17) is 0 Å². The van der Waals surface area contributed by atoms with Crippen LogP contribution in [0.1, 0.15) is 17.3 Å². The Kier molecular flexibility index (Phi) is 4.20. The van der Waals surface area contributed by atoms with E-state index in [2.05, 4.69) is 25.6 Å². The standard InChI is InChI=1S/C13H11BrN2O3S/c1-9(17)10-3-2-4-12(7-10)20(18,19)16-13-8-11(14)5-6-15-13/h2-8H,1H3,(H,15,16). The fourth-order valence-electron chi connectivity index (χ4n) is 1.54. The number of ketones is 1. The second-order valence-corrected chi connectivity index (χ2v) is 6.65. The quantitative estimate of drug-likeness (QED) is 0.856. The number of pyridine rings is 1. The molecule has 0 atom stereocenters. The zero-order valence-corrected chi connectivity index (χ0v) is 12.9. The van der Waals surface area contributed by atoms with Crippen molar-refractivity contribution < 1.29 is 13.2 Å². The predicted octanol–water partition coefficient (Wildman–Crippen LogP) is 2.85. The SMILES string of the molecule is CC(=O)c1cccc(S(=O)(=O)Nc2cc(Br)ccn2)c1. The molecule has 20 heavy (non-hydrogen) atoms. The monoisotopic (exact) mass is 354 g/mol. The Morgan fingerprint density at radius 3 is 2.65 bits per heavy atom. The van der Waals surface area contributed by atoms with Crippen LogP contribution in [0.2, 0.25) is 0 Å². The van der Waals surface area contributed by atoms with Gasteiger partial charge in [-0.15, -0.1) is 0 Å². The van der Waals surface area contributed by atoms with Gasteiger partial charge in [-0.2, -0.15) is 0 Å². The molecule has 0 bridgehead atoms. The summed E-state index contributed by atoms with van der Waals surface area (Å²) in [6.07, 6.45) is 1.48. The molecular formula is C13H11BrN2O3S. The van der Waals surface area contributed by atoms with Gasteiger partial charge in [0.2, 0.25) is 0 Å². The number of anilines is 1. The molecule has 0 aliphatic carbocycles. The van der Waals surface area contributed by atoms with Gasteiger partial charge < -0.3 is 0 Å². The molecule has 1 aromatic heterocycles. The van der Waals surface area contributed by atoms with E-state index in [9.17, 15) is 13.2 Å². The van der Waals surface area contributed by atoms with Crippen molar-refractivity contribution in [3.8, 4) is 0 Å². The number of aromatic nitrogens is 1. The van der Waals surface area contributed by atoms with Gasteiger partial charge in [0.05, 0.1) is 4.90 Å². The number of carbonyl (C=O) groups is 1. The maximum atomic E-state index is 12.2. The first-order chi connectivity index (χ1) is 9.38. The molecule has 0 saturated heterocycles. The second-order valence-electron chi connectivity index (χ2n) is 4.05. The molecule has 1 N–H and O–H groups in total. The molecule has 0 unspecified atom stereocenters. The minimum absolute atomic E-state index is 0.0203. The number of carbonyl (C=O) groups excluding carboxylic acids is 1. The first-order valence-electron chi connectivity index (χ1n) is 5.64. The molecule has 1 heterocycles. The lowest BCUT2D eigenvalue weighted by Crippen LogP contribution is -2.14. The molecule has 0 saturated carbocycles. The van der Waals surface area contributed by atoms with Crippen LogP contribution in [0, 0.1) is 0 Å². The molecule has 104 valence electrons. The van der Waals surface area contributed by atoms with Gasteiger partial charge in [-0.3, -0.25) is 9.52 Å². The maximum absolute atomic E-state index is 12.2. The van der Waals surface area contributed by atoms with Crippen LogP contribution >= 0.6 is 15.9 Å². The summed E-state index contributed by atoms with van der Waals surface area (Å²) < 4.78 is 27.5. The van der Waals surface area contributed by atoms with Crippen LogP contribution in [0.25, 0.3) is 0 Å². The summed E-state index contributed by atoms with van der Waals surface area (Å²) in [5, 5.41) is 0. The summed E-state index contributed by atoms with van der Waals surface area (Å²) in [4.78, 5) is 15.2. The van der Waals surface area contributed by atoms with Gasteiger partial charge in [0.25, 0.3) is 10.0 Å². The van der Waals surface area contributed by atoms with E-state index in [1.54, 1.807) is 18.2 Å². The summed E-state index contributed by atoms with van der Waals surface area (Å²) in [6.45, 7) is 1.38. The Morgan fingerprint density at radius 2 is 2.00 bits per heavy atom. The molecule has 1 aromatic carbocycles. The molecule has 2 aromatic rings. The first-order valence-corrected chi connectivity index (χ1v) is 7.91. The number of hydrogen-bond donors (Lipinski definition) is 1. The number of nitrogens with zero attached hydrogens (tertiary/aromatic N) is 1. The third-order valence-corrected chi connectivity index (χ3v) is 4.36. The highest BCUT2D eigenvalue weighted by atomic mass is 79.9. The summed E-state index contributed by atoms with van der Waals surface area (Å²) in [6, 6.07) is 9.09. The van der Waals surface area contributed by atoms with Crippen molar-refractivity contribution >= 4 is 37.6 Å². The average molecular weight is 355 g/mol. The van der Waals surface area contributed by atoms with Crippen molar-refractivity contribution in [1.82, 2.24) is 4.98 Å². The molecule has 0 amide bonds. The topological polar surface area (TPSA) is 76.1 Å². The van der Waals surface area contributed by atoms with Crippen LogP contribution in [-0.2, 0) is 10.0 Å². The van der Waals surface area contributed by atoms with Crippen molar-refractivity contribution in [3.05, 3.63) is 52.6 Å². The molecule has 0 aliphatic rings. The van der Waals surface area contributed by atoms with Crippen molar-refractivity contribution in [1.29, 1.82) is 0 Å². The lowest BCUT2D eigenvalue weighted by Gasteiger charge is -2.08. The second kappa shape index (κ2) is 5.72. The zero-order valence-electron chi connectivity index (χ0n) is 10.5. The molecule has 0 fully saturated rings. The Bertz CT molecular complexity index is 760. The van der Waals surface area contributed by atoms with Crippen LogP contribution in [-0.4, -0.2) is 19.2 Å². The highest BCUT2D eigenvalue weighted by molar-refractivity contribution is 9.10. The third kappa shape index (κ3) is 3.43. The zero-order chi connectivity index (χ0) is 14.8. The van der Waals surface area contributed by atoms with E-state index in [0.717, 1.165) is 0 Å². The van der Waals surface area contributed by atoms with Crippen molar-refractivity contribution in [2.75, 3.05) is 4.72 Å². The van der Waals surface area contributed by atoms with E-state index >= 15 is 0 Å². The number of sulfonamides is 1. The van der Waals surface area contributed by atoms with Crippen molar-refractivity contribution in [3.63, 3.8) is 0 Å². The third-order valence-electron chi connectivity index (χ3n) is 2.51. The Morgan fingerprint density at radius 1 is 1.25 bits per heavy atom. The number of rotatable bonds is 4. The van der Waals surface area contributed by atoms with Crippen LogP contribution < -0.4 is 4.72 Å². The number of hydrogen-bond acceptors (Lipinski definition) is 4. The van der Waals surface area contributed by atoms with Gasteiger partial charge in [0.1, 0.15) is 5.82 Å². The van der Waals surface area contributed by atoms with Crippen molar-refractivity contribution in [2.45, 2.75) is 11.8 Å². The van der Waals surface area contributed by atoms with E-state index < -0.39 is 10.0 Å². The summed E-state index contributed by atoms with van der Waals surface area (Å²) in [5.41, 5.74) is 0.343. The number of benzene rings is 1. The number of nitrogens with one attached hydrogen (secondary N) is 1.